The third-order valence-electron chi connectivity index (χ3n) is 7.53. The Kier molecular flexibility index (Phi) is 6.59. The van der Waals surface area contributed by atoms with E-state index in [1.165, 1.54) is 28.8 Å². The second kappa shape index (κ2) is 10.1. The van der Waals surface area contributed by atoms with Gasteiger partial charge in [-0.1, -0.05) is 53.4 Å². The molecule has 200 valence electrons. The number of carbonyl (C=O) groups excluding carboxylic acids is 3. The molecule has 2 aromatic carbocycles. The zero-order chi connectivity index (χ0) is 27.3. The van der Waals surface area contributed by atoms with Crippen molar-refractivity contribution in [2.75, 3.05) is 18.0 Å². The first-order chi connectivity index (χ1) is 18.8. The fourth-order valence-corrected chi connectivity index (χ4v) is 8.40. The van der Waals surface area contributed by atoms with Crippen molar-refractivity contribution in [1.29, 1.82) is 0 Å². The lowest BCUT2D eigenvalue weighted by atomic mass is 9.83. The predicted molar refractivity (Wildman–Crippen MR) is 146 cm³/mol. The molecule has 3 aromatic rings. The molecule has 39 heavy (non-hydrogen) atoms. The average Bonchev–Trinajstić information content (AvgIpc) is 3.40. The van der Waals surface area contributed by atoms with E-state index in [1.807, 2.05) is 30.3 Å². The van der Waals surface area contributed by atoms with Crippen LogP contribution in [0.3, 0.4) is 0 Å². The number of anilines is 1. The highest BCUT2D eigenvalue weighted by Gasteiger charge is 2.56. The van der Waals surface area contributed by atoms with Crippen LogP contribution in [-0.4, -0.2) is 50.5 Å². The van der Waals surface area contributed by atoms with Gasteiger partial charge in [0.05, 0.1) is 21.6 Å². The number of rotatable bonds is 5. The molecular weight excluding hydrogens is 540 g/mol. The van der Waals surface area contributed by atoms with Crippen LogP contribution in [0.4, 0.5) is 11.4 Å². The molecule has 1 aromatic heterocycles. The molecule has 3 amide bonds. The molecule has 0 aliphatic carbocycles. The van der Waals surface area contributed by atoms with Gasteiger partial charge in [-0.25, -0.2) is 4.90 Å². The number of nitro benzene ring substituents is 1. The van der Waals surface area contributed by atoms with Gasteiger partial charge in [0.1, 0.15) is 11.8 Å². The summed E-state index contributed by atoms with van der Waals surface area (Å²) in [6, 6.07) is 14.6. The van der Waals surface area contributed by atoms with Crippen molar-refractivity contribution >= 4 is 52.2 Å². The number of aromatic nitrogens is 1. The van der Waals surface area contributed by atoms with E-state index in [2.05, 4.69) is 0 Å². The molecule has 4 heterocycles. The maximum atomic E-state index is 13.9. The van der Waals surface area contributed by atoms with Gasteiger partial charge in [-0.05, 0) is 37.0 Å². The van der Waals surface area contributed by atoms with Crippen molar-refractivity contribution in [1.82, 2.24) is 9.47 Å². The van der Waals surface area contributed by atoms with E-state index in [4.69, 9.17) is 0 Å². The maximum Gasteiger partial charge on any atom is 0.308 e. The quantitative estimate of drug-likeness (QED) is 0.263. The van der Waals surface area contributed by atoms with Gasteiger partial charge in [0.2, 0.25) is 17.7 Å². The SMILES string of the molecule is O=C(Cn1c2c(sc1=O)C(c1ccccc1)C1C(=O)N(c3ccc([N+](=O)[O-])cc3)C(=O)C1S2)N1CCCCC1. The minimum Gasteiger partial charge on any atom is -0.341 e. The number of likely N-dealkylation sites (tertiary alicyclic amines) is 1. The van der Waals surface area contributed by atoms with Crippen LogP contribution >= 0.6 is 23.1 Å². The summed E-state index contributed by atoms with van der Waals surface area (Å²) in [6.45, 7) is 1.23. The number of hydrogen-bond acceptors (Lipinski definition) is 8. The van der Waals surface area contributed by atoms with Gasteiger partial charge < -0.3 is 4.90 Å². The second-order valence-electron chi connectivity index (χ2n) is 9.80. The lowest BCUT2D eigenvalue weighted by Crippen LogP contribution is -2.39. The topological polar surface area (TPSA) is 123 Å². The lowest BCUT2D eigenvalue weighted by Gasteiger charge is -2.31. The van der Waals surface area contributed by atoms with Crippen LogP contribution in [0.1, 0.15) is 35.6 Å². The van der Waals surface area contributed by atoms with E-state index in [-0.39, 0.29) is 28.7 Å². The summed E-state index contributed by atoms with van der Waals surface area (Å²) in [5.41, 5.74) is 0.923. The van der Waals surface area contributed by atoms with E-state index in [9.17, 15) is 29.3 Å². The van der Waals surface area contributed by atoms with Gasteiger partial charge in [-0.3, -0.25) is 33.9 Å². The van der Waals surface area contributed by atoms with Gasteiger partial charge in [0.15, 0.2) is 0 Å². The standard InChI is InChI=1S/C27H24N4O6S2/c32-19(28-13-5-2-6-14-28)15-29-26-23(39-27(29)35)20(16-7-3-1-4-8-16)21-22(38-26)25(34)30(24(21)33)17-9-11-18(12-10-17)31(36)37/h1,3-4,7-12,20-22H,2,5-6,13-15H2. The van der Waals surface area contributed by atoms with E-state index in [1.54, 1.807) is 4.90 Å². The van der Waals surface area contributed by atoms with Crippen LogP contribution in [0.15, 0.2) is 64.4 Å². The molecule has 3 aliphatic heterocycles. The molecule has 0 spiro atoms. The zero-order valence-electron chi connectivity index (χ0n) is 20.7. The second-order valence-corrected chi connectivity index (χ2v) is 11.9. The summed E-state index contributed by atoms with van der Waals surface area (Å²) in [5, 5.41) is 10.8. The number of non-ortho nitro benzene ring substituents is 1. The molecule has 0 bridgehead atoms. The van der Waals surface area contributed by atoms with Crippen molar-refractivity contribution < 1.29 is 19.3 Å². The summed E-state index contributed by atoms with van der Waals surface area (Å²) >= 11 is 2.18. The molecule has 3 aliphatic rings. The number of nitrogens with zero attached hydrogens (tertiary/aromatic N) is 4. The smallest absolute Gasteiger partial charge is 0.308 e. The van der Waals surface area contributed by atoms with E-state index >= 15 is 0 Å². The van der Waals surface area contributed by atoms with Crippen LogP contribution < -0.4 is 9.77 Å². The number of imide groups is 1. The summed E-state index contributed by atoms with van der Waals surface area (Å²) in [7, 11) is 0. The van der Waals surface area contributed by atoms with Crippen molar-refractivity contribution in [3.63, 3.8) is 0 Å². The molecule has 3 atom stereocenters. The summed E-state index contributed by atoms with van der Waals surface area (Å²) in [4.78, 5) is 67.7. The van der Waals surface area contributed by atoms with E-state index in [0.29, 0.717) is 23.0 Å². The highest BCUT2D eigenvalue weighted by atomic mass is 32.2. The molecular formula is C27H24N4O6S2. The highest BCUT2D eigenvalue weighted by molar-refractivity contribution is 8.00. The van der Waals surface area contributed by atoms with Crippen molar-refractivity contribution in [2.24, 2.45) is 5.92 Å². The first-order valence-corrected chi connectivity index (χ1v) is 14.4. The third kappa shape index (κ3) is 4.37. The molecule has 10 nitrogen and oxygen atoms in total. The molecule has 6 rings (SSSR count). The number of benzene rings is 2. The highest BCUT2D eigenvalue weighted by Crippen LogP contribution is 2.53. The van der Waals surface area contributed by atoms with Crippen molar-refractivity contribution in [3.8, 4) is 0 Å². The molecule has 3 unspecified atom stereocenters. The Balaban J connectivity index is 1.40. The van der Waals surface area contributed by atoms with Crippen molar-refractivity contribution in [3.05, 3.63) is 84.8 Å². The fourth-order valence-electron chi connectivity index (χ4n) is 5.63. The number of thioether (sulfide) groups is 1. The zero-order valence-corrected chi connectivity index (χ0v) is 22.4. The van der Waals surface area contributed by atoms with Crippen molar-refractivity contribution in [2.45, 2.75) is 42.0 Å². The minimum atomic E-state index is -0.810. The molecule has 2 saturated heterocycles. The Morgan fingerprint density at radius 2 is 1.64 bits per heavy atom. The minimum absolute atomic E-state index is 0.106. The molecule has 12 heteroatoms. The van der Waals surface area contributed by atoms with Gasteiger partial charge in [0, 0.05) is 36.0 Å². The van der Waals surface area contributed by atoms with Crippen LogP contribution in [0, 0.1) is 16.0 Å². The lowest BCUT2D eigenvalue weighted by molar-refractivity contribution is -0.384. The largest absolute Gasteiger partial charge is 0.341 e. The summed E-state index contributed by atoms with van der Waals surface area (Å²) in [5.74, 6) is -2.30. The number of amides is 3. The molecule has 0 saturated carbocycles. The Morgan fingerprint density at radius 3 is 2.31 bits per heavy atom. The predicted octanol–water partition coefficient (Wildman–Crippen LogP) is 3.63. The van der Waals surface area contributed by atoms with E-state index < -0.39 is 33.8 Å². The van der Waals surface area contributed by atoms with Crippen LogP contribution in [0.5, 0.6) is 0 Å². The Bertz CT molecular complexity index is 1530. The summed E-state index contributed by atoms with van der Waals surface area (Å²) < 4.78 is 1.46. The maximum absolute atomic E-state index is 13.9. The number of piperidine rings is 1. The number of nitro groups is 1. The number of thiazole rings is 1. The molecule has 0 N–H and O–H groups in total. The Morgan fingerprint density at radius 1 is 0.949 bits per heavy atom. The van der Waals surface area contributed by atoms with E-state index in [0.717, 1.165) is 52.8 Å². The third-order valence-corrected chi connectivity index (χ3v) is 10.1. The number of carbonyl (C=O) groups is 3. The average molecular weight is 565 g/mol. The number of fused-ring (bicyclic) bond motifs is 2. The van der Waals surface area contributed by atoms with Gasteiger partial charge in [-0.15, -0.1) is 0 Å². The monoisotopic (exact) mass is 564 g/mol. The van der Waals surface area contributed by atoms with Gasteiger partial charge in [0.25, 0.3) is 5.69 Å². The molecule has 2 fully saturated rings. The van der Waals surface area contributed by atoms with Crippen LogP contribution in [-0.2, 0) is 20.9 Å². The normalized spacial score (nSPS) is 22.5. The Labute approximate surface area is 231 Å². The Hall–Kier alpha value is -3.77. The van der Waals surface area contributed by atoms with Gasteiger partial charge >= 0.3 is 4.87 Å². The van der Waals surface area contributed by atoms with Gasteiger partial charge in [-0.2, -0.15) is 0 Å². The van der Waals surface area contributed by atoms with Crippen LogP contribution in [0.2, 0.25) is 0 Å². The van der Waals surface area contributed by atoms with Crippen LogP contribution in [0.25, 0.3) is 0 Å². The first-order valence-electron chi connectivity index (χ1n) is 12.7. The fraction of sp³-hybridized carbons (Fsp3) is 0.333. The number of hydrogen-bond donors (Lipinski definition) is 0. The first kappa shape index (κ1) is 25.5. The summed E-state index contributed by atoms with van der Waals surface area (Å²) in [6.07, 6.45) is 2.95. The molecule has 0 radical (unpaired) electrons.